The van der Waals surface area contributed by atoms with E-state index in [0.29, 0.717) is 6.04 Å². The van der Waals surface area contributed by atoms with Gasteiger partial charge < -0.3 is 14.6 Å². The molecule has 92 valence electrons. The molecule has 2 rings (SSSR count). The summed E-state index contributed by atoms with van der Waals surface area (Å²) in [6, 6.07) is 0.388. The van der Waals surface area contributed by atoms with Gasteiger partial charge in [-0.2, -0.15) is 0 Å². The Hall–Kier alpha value is -0.650. The van der Waals surface area contributed by atoms with Gasteiger partial charge in [0.1, 0.15) is 0 Å². The Morgan fingerprint density at radius 2 is 1.94 bits per heavy atom. The number of nitrogens with zero attached hydrogens (tertiary/aromatic N) is 1. The minimum absolute atomic E-state index is 0.162. The summed E-state index contributed by atoms with van der Waals surface area (Å²) < 4.78 is 10.6. The van der Waals surface area contributed by atoms with Crippen molar-refractivity contribution in [1.29, 1.82) is 0 Å². The Balaban J connectivity index is 1.83. The van der Waals surface area contributed by atoms with E-state index in [2.05, 4.69) is 4.90 Å². The van der Waals surface area contributed by atoms with Gasteiger partial charge in [0.2, 0.25) is 0 Å². The highest BCUT2D eigenvalue weighted by atomic mass is 16.7. The van der Waals surface area contributed by atoms with Crippen LogP contribution in [0.1, 0.15) is 19.3 Å². The van der Waals surface area contributed by atoms with Crippen molar-refractivity contribution in [3.8, 4) is 0 Å². The molecule has 2 fully saturated rings. The van der Waals surface area contributed by atoms with Gasteiger partial charge in [0.25, 0.3) is 0 Å². The van der Waals surface area contributed by atoms with Crippen LogP contribution in [0.5, 0.6) is 0 Å². The Kier molecular flexibility index (Phi) is 3.19. The topological polar surface area (TPSA) is 59.0 Å². The molecule has 2 unspecified atom stereocenters. The summed E-state index contributed by atoms with van der Waals surface area (Å²) in [5.41, 5.74) is 0. The van der Waals surface area contributed by atoms with Gasteiger partial charge in [0, 0.05) is 20.3 Å². The number of methoxy groups -OCH3 is 2. The molecule has 0 aromatic rings. The number of rotatable bonds is 4. The van der Waals surface area contributed by atoms with E-state index in [4.69, 9.17) is 14.6 Å². The molecule has 5 nitrogen and oxygen atoms in total. The second-order valence-electron chi connectivity index (χ2n) is 4.73. The van der Waals surface area contributed by atoms with E-state index >= 15 is 0 Å². The van der Waals surface area contributed by atoms with Crippen molar-refractivity contribution in [2.24, 2.45) is 5.92 Å². The highest BCUT2D eigenvalue weighted by Gasteiger charge is 2.48. The lowest BCUT2D eigenvalue weighted by molar-refractivity contribution is -0.281. The highest BCUT2D eigenvalue weighted by Crippen LogP contribution is 2.36. The van der Waals surface area contributed by atoms with Crippen LogP contribution in [0.15, 0.2) is 0 Å². The molecular weight excluding hydrogens is 210 g/mol. The maximum atomic E-state index is 10.8. The van der Waals surface area contributed by atoms with E-state index in [-0.39, 0.29) is 5.92 Å². The van der Waals surface area contributed by atoms with Crippen LogP contribution in [-0.2, 0) is 14.3 Å². The predicted molar refractivity (Wildman–Crippen MR) is 57.1 cm³/mol. The maximum Gasteiger partial charge on any atom is 0.306 e. The lowest BCUT2D eigenvalue weighted by Gasteiger charge is -2.50. The first-order valence-electron chi connectivity index (χ1n) is 5.67. The van der Waals surface area contributed by atoms with E-state index in [1.165, 1.54) is 0 Å². The molecule has 0 radical (unpaired) electrons. The summed E-state index contributed by atoms with van der Waals surface area (Å²) >= 11 is 0. The monoisotopic (exact) mass is 229 g/mol. The molecule has 1 aliphatic heterocycles. The number of likely N-dealkylation sites (tertiary alicyclic amines) is 1. The van der Waals surface area contributed by atoms with Gasteiger partial charge in [0.05, 0.1) is 19.0 Å². The molecular formula is C11H19NO4. The third kappa shape index (κ3) is 1.95. The first kappa shape index (κ1) is 11.8. The summed E-state index contributed by atoms with van der Waals surface area (Å²) in [7, 11) is 3.30. The fourth-order valence-corrected chi connectivity index (χ4v) is 2.69. The fraction of sp³-hybridized carbons (Fsp3) is 0.909. The molecule has 1 heterocycles. The molecule has 1 N–H and O–H groups in total. The molecule has 16 heavy (non-hydrogen) atoms. The predicted octanol–water partition coefficient (Wildman–Crippen LogP) is 0.544. The molecule has 0 amide bonds. The molecule has 1 aliphatic carbocycles. The van der Waals surface area contributed by atoms with Crippen molar-refractivity contribution in [2.75, 3.05) is 27.3 Å². The Morgan fingerprint density at radius 1 is 1.31 bits per heavy atom. The first-order valence-corrected chi connectivity index (χ1v) is 5.67. The van der Waals surface area contributed by atoms with Crippen molar-refractivity contribution >= 4 is 5.97 Å². The molecule has 2 atom stereocenters. The summed E-state index contributed by atoms with van der Waals surface area (Å²) in [4.78, 5) is 13.1. The zero-order valence-corrected chi connectivity index (χ0v) is 9.81. The van der Waals surface area contributed by atoms with E-state index < -0.39 is 11.8 Å². The number of aliphatic carboxylic acids is 1. The van der Waals surface area contributed by atoms with E-state index in [0.717, 1.165) is 32.4 Å². The Morgan fingerprint density at radius 3 is 2.38 bits per heavy atom. The second-order valence-corrected chi connectivity index (χ2v) is 4.73. The van der Waals surface area contributed by atoms with Crippen molar-refractivity contribution in [3.05, 3.63) is 0 Å². The Bertz CT molecular complexity index is 269. The van der Waals surface area contributed by atoms with E-state index in [1.807, 2.05) is 0 Å². The first-order chi connectivity index (χ1) is 7.60. The number of carboxylic acid groups (broad SMARTS) is 1. The lowest BCUT2D eigenvalue weighted by atomic mass is 10.0. The molecule has 1 saturated carbocycles. The van der Waals surface area contributed by atoms with Crippen LogP contribution in [0.3, 0.4) is 0 Å². The molecule has 0 aromatic heterocycles. The van der Waals surface area contributed by atoms with Crippen molar-refractivity contribution < 1.29 is 19.4 Å². The fourth-order valence-electron chi connectivity index (χ4n) is 2.69. The lowest BCUT2D eigenvalue weighted by Crippen LogP contribution is -2.66. The summed E-state index contributed by atoms with van der Waals surface area (Å²) in [5, 5.41) is 8.93. The quantitative estimate of drug-likeness (QED) is 0.713. The summed E-state index contributed by atoms with van der Waals surface area (Å²) in [6.45, 7) is 1.49. The average Bonchev–Trinajstić information content (AvgIpc) is 2.67. The van der Waals surface area contributed by atoms with E-state index in [9.17, 15) is 4.79 Å². The third-order valence-electron chi connectivity index (χ3n) is 3.90. The minimum Gasteiger partial charge on any atom is -0.481 e. The molecule has 0 spiro atoms. The molecule has 0 aromatic carbocycles. The molecule has 1 saturated heterocycles. The van der Waals surface area contributed by atoms with Gasteiger partial charge >= 0.3 is 5.97 Å². The maximum absolute atomic E-state index is 10.8. The van der Waals surface area contributed by atoms with Gasteiger partial charge in [0.15, 0.2) is 5.79 Å². The number of hydrogen-bond acceptors (Lipinski definition) is 4. The third-order valence-corrected chi connectivity index (χ3v) is 3.90. The van der Waals surface area contributed by atoms with Gasteiger partial charge in [-0.25, -0.2) is 0 Å². The van der Waals surface area contributed by atoms with Crippen LogP contribution in [0.25, 0.3) is 0 Å². The molecule has 0 bridgehead atoms. The van der Waals surface area contributed by atoms with Crippen LogP contribution >= 0.6 is 0 Å². The molecule has 2 aliphatic rings. The van der Waals surface area contributed by atoms with Gasteiger partial charge in [-0.15, -0.1) is 0 Å². The van der Waals surface area contributed by atoms with Crippen LogP contribution in [-0.4, -0.2) is 55.1 Å². The number of ether oxygens (including phenoxy) is 2. The normalized spacial score (nSPS) is 33.6. The van der Waals surface area contributed by atoms with Crippen molar-refractivity contribution in [1.82, 2.24) is 4.90 Å². The van der Waals surface area contributed by atoms with E-state index in [1.54, 1.807) is 14.2 Å². The second kappa shape index (κ2) is 4.31. The van der Waals surface area contributed by atoms with Gasteiger partial charge in [-0.3, -0.25) is 9.69 Å². The minimum atomic E-state index is -0.659. The zero-order valence-electron chi connectivity index (χ0n) is 9.81. The SMILES string of the molecule is COC1(OC)CN(C2CCC(C(=O)O)C2)C1. The average molecular weight is 229 g/mol. The summed E-state index contributed by atoms with van der Waals surface area (Å²) in [5.74, 6) is -1.28. The Labute approximate surface area is 95.3 Å². The van der Waals surface area contributed by atoms with Crippen molar-refractivity contribution in [3.63, 3.8) is 0 Å². The zero-order chi connectivity index (χ0) is 11.8. The van der Waals surface area contributed by atoms with Crippen LogP contribution in [0, 0.1) is 5.92 Å². The smallest absolute Gasteiger partial charge is 0.306 e. The summed E-state index contributed by atoms with van der Waals surface area (Å²) in [6.07, 6.45) is 2.53. The number of carboxylic acids is 1. The number of hydrogen-bond donors (Lipinski definition) is 1. The van der Waals surface area contributed by atoms with Gasteiger partial charge in [-0.1, -0.05) is 0 Å². The van der Waals surface area contributed by atoms with Crippen LogP contribution in [0.2, 0.25) is 0 Å². The van der Waals surface area contributed by atoms with Gasteiger partial charge in [-0.05, 0) is 19.3 Å². The van der Waals surface area contributed by atoms with Crippen LogP contribution in [0.4, 0.5) is 0 Å². The standard InChI is InChI=1S/C11H19NO4/c1-15-11(16-2)6-12(7-11)9-4-3-8(5-9)10(13)14/h8-9H,3-7H2,1-2H3,(H,13,14). The van der Waals surface area contributed by atoms with Crippen LogP contribution < -0.4 is 0 Å². The van der Waals surface area contributed by atoms with Crippen molar-refractivity contribution in [2.45, 2.75) is 31.1 Å². The number of carbonyl (C=O) groups is 1. The highest BCUT2D eigenvalue weighted by molar-refractivity contribution is 5.70. The largest absolute Gasteiger partial charge is 0.481 e. The molecule has 5 heteroatoms.